The molecule has 1 unspecified atom stereocenters. The smallest absolute Gasteiger partial charge is 0.277 e. The molecule has 2 aromatic rings. The van der Waals surface area contributed by atoms with Crippen molar-refractivity contribution in [2.75, 3.05) is 19.3 Å². The molecule has 0 saturated carbocycles. The number of hydroxylamine groups is 2. The normalized spacial score (nSPS) is 11.0. The van der Waals surface area contributed by atoms with E-state index in [1.165, 1.54) is 0 Å². The number of hydrogen-bond donors (Lipinski definition) is 1. The monoisotopic (exact) mass is 331 g/mol. The van der Waals surface area contributed by atoms with Gasteiger partial charge >= 0.3 is 0 Å². The lowest BCUT2D eigenvalue weighted by Gasteiger charge is -2.15. The van der Waals surface area contributed by atoms with Gasteiger partial charge in [0.2, 0.25) is 0 Å². The minimum absolute atomic E-state index is 0.319. The van der Waals surface area contributed by atoms with Crippen molar-refractivity contribution >= 4 is 14.7 Å². The zero-order valence-corrected chi connectivity index (χ0v) is 14.2. The Morgan fingerprint density at radius 2 is 1.74 bits per heavy atom. The van der Waals surface area contributed by atoms with Gasteiger partial charge in [0.1, 0.15) is 0 Å². The van der Waals surface area contributed by atoms with Crippen LogP contribution in [0.3, 0.4) is 0 Å². The number of hydrogen-bond acceptors (Lipinski definition) is 3. The van der Waals surface area contributed by atoms with Gasteiger partial charge in [-0.3, -0.25) is 10.0 Å². The number of carbonyl (C=O) groups is 1. The third-order valence-corrected chi connectivity index (χ3v) is 4.42. The zero-order chi connectivity index (χ0) is 16.5. The SMILES string of the molecule is CCOPCCCN(O)C(=O)c1ccc(-c2ccccc2)cc1. The molecule has 5 heteroatoms. The summed E-state index contributed by atoms with van der Waals surface area (Å²) < 4.78 is 5.26. The predicted octanol–water partition coefficient (Wildman–Crippen LogP) is 4.21. The maximum absolute atomic E-state index is 12.2. The molecule has 0 fully saturated rings. The maximum atomic E-state index is 12.2. The summed E-state index contributed by atoms with van der Waals surface area (Å²) in [6.45, 7) is 2.97. The minimum Gasteiger partial charge on any atom is -0.363 e. The highest BCUT2D eigenvalue weighted by molar-refractivity contribution is 7.32. The molecule has 0 aromatic heterocycles. The molecule has 4 nitrogen and oxygen atoms in total. The summed E-state index contributed by atoms with van der Waals surface area (Å²) in [5.41, 5.74) is 2.63. The molecule has 1 atom stereocenters. The van der Waals surface area contributed by atoms with E-state index >= 15 is 0 Å². The maximum Gasteiger partial charge on any atom is 0.277 e. The highest BCUT2D eigenvalue weighted by atomic mass is 31.1. The van der Waals surface area contributed by atoms with Gasteiger partial charge in [-0.2, -0.15) is 0 Å². The molecule has 23 heavy (non-hydrogen) atoms. The van der Waals surface area contributed by atoms with Crippen LogP contribution in [0, 0.1) is 0 Å². The van der Waals surface area contributed by atoms with Crippen LogP contribution in [0.25, 0.3) is 11.1 Å². The largest absolute Gasteiger partial charge is 0.363 e. The Bertz CT molecular complexity index is 601. The first-order valence-electron chi connectivity index (χ1n) is 7.73. The molecule has 0 aliphatic heterocycles. The molecule has 0 radical (unpaired) electrons. The minimum atomic E-state index is -0.371. The number of amides is 1. The lowest BCUT2D eigenvalue weighted by atomic mass is 10.0. The van der Waals surface area contributed by atoms with Crippen LogP contribution in [0.2, 0.25) is 0 Å². The van der Waals surface area contributed by atoms with Gasteiger partial charge < -0.3 is 4.52 Å². The quantitative estimate of drug-likeness (QED) is 0.341. The molecule has 1 N–H and O–H groups in total. The van der Waals surface area contributed by atoms with Crippen molar-refractivity contribution in [2.24, 2.45) is 0 Å². The lowest BCUT2D eigenvalue weighted by molar-refractivity contribution is -0.0577. The molecule has 0 aliphatic carbocycles. The highest BCUT2D eigenvalue weighted by Gasteiger charge is 2.13. The molecule has 0 bridgehead atoms. The summed E-state index contributed by atoms with van der Waals surface area (Å²) >= 11 is 0. The molecule has 2 rings (SSSR count). The van der Waals surface area contributed by atoms with E-state index < -0.39 is 0 Å². The van der Waals surface area contributed by atoms with Gasteiger partial charge in [-0.15, -0.1) is 0 Å². The second kappa shape index (κ2) is 9.41. The van der Waals surface area contributed by atoms with Crippen molar-refractivity contribution in [1.29, 1.82) is 0 Å². The van der Waals surface area contributed by atoms with Crippen LogP contribution in [0.4, 0.5) is 0 Å². The fraction of sp³-hybridized carbons (Fsp3) is 0.278. The summed E-state index contributed by atoms with van der Waals surface area (Å²) in [5, 5.41) is 10.6. The Balaban J connectivity index is 1.89. The summed E-state index contributed by atoms with van der Waals surface area (Å²) in [4.78, 5) is 12.2. The summed E-state index contributed by atoms with van der Waals surface area (Å²) in [7, 11) is 0.425. The molecule has 2 aromatic carbocycles. The highest BCUT2D eigenvalue weighted by Crippen LogP contribution is 2.20. The number of carbonyl (C=O) groups excluding carboxylic acids is 1. The third-order valence-electron chi connectivity index (χ3n) is 3.37. The van der Waals surface area contributed by atoms with Crippen LogP contribution in [-0.2, 0) is 4.52 Å². The van der Waals surface area contributed by atoms with Crippen LogP contribution < -0.4 is 0 Å². The van der Waals surface area contributed by atoms with E-state index in [0.29, 0.717) is 27.5 Å². The Labute approximate surface area is 138 Å². The van der Waals surface area contributed by atoms with Gasteiger partial charge in [0.05, 0.1) is 0 Å². The van der Waals surface area contributed by atoms with Gasteiger partial charge in [-0.1, -0.05) is 42.5 Å². The van der Waals surface area contributed by atoms with Gasteiger partial charge in [-0.05, 0) is 42.8 Å². The molecule has 0 heterocycles. The Morgan fingerprint density at radius 1 is 1.09 bits per heavy atom. The van der Waals surface area contributed by atoms with Crippen LogP contribution in [-0.4, -0.2) is 35.5 Å². The molecule has 0 spiro atoms. The van der Waals surface area contributed by atoms with Crippen molar-refractivity contribution in [1.82, 2.24) is 5.06 Å². The first-order valence-corrected chi connectivity index (χ1v) is 8.84. The van der Waals surface area contributed by atoms with E-state index in [0.717, 1.165) is 28.8 Å². The van der Waals surface area contributed by atoms with Gasteiger partial charge in [0.25, 0.3) is 5.91 Å². The van der Waals surface area contributed by atoms with Gasteiger partial charge in [0.15, 0.2) is 0 Å². The summed E-state index contributed by atoms with van der Waals surface area (Å²) in [6, 6.07) is 17.3. The van der Waals surface area contributed by atoms with E-state index in [1.54, 1.807) is 12.1 Å². The van der Waals surface area contributed by atoms with Crippen molar-refractivity contribution in [3.8, 4) is 11.1 Å². The second-order valence-corrected chi connectivity index (χ2v) is 6.13. The zero-order valence-electron chi connectivity index (χ0n) is 13.2. The number of nitrogens with zero attached hydrogens (tertiary/aromatic N) is 1. The number of rotatable bonds is 8. The molecular weight excluding hydrogens is 309 g/mol. The van der Waals surface area contributed by atoms with Gasteiger partial charge in [-0.25, -0.2) is 5.06 Å². The Morgan fingerprint density at radius 3 is 2.39 bits per heavy atom. The molecular formula is C18H22NO3P. The van der Waals surface area contributed by atoms with Crippen LogP contribution in [0.1, 0.15) is 23.7 Å². The van der Waals surface area contributed by atoms with Crippen LogP contribution in [0.15, 0.2) is 54.6 Å². The van der Waals surface area contributed by atoms with Crippen LogP contribution in [0.5, 0.6) is 0 Å². The van der Waals surface area contributed by atoms with Crippen molar-refractivity contribution in [3.05, 3.63) is 60.2 Å². The average molecular weight is 331 g/mol. The van der Waals surface area contributed by atoms with E-state index in [4.69, 9.17) is 4.52 Å². The molecule has 122 valence electrons. The van der Waals surface area contributed by atoms with E-state index in [2.05, 4.69) is 0 Å². The average Bonchev–Trinajstić information content (AvgIpc) is 2.61. The van der Waals surface area contributed by atoms with Crippen LogP contribution >= 0.6 is 8.81 Å². The van der Waals surface area contributed by atoms with E-state index in [9.17, 15) is 10.0 Å². The molecule has 0 aliphatic rings. The standard InChI is InChI=1S/C18H22NO3P/c1-2-22-23-14-6-13-19(21)18(20)17-11-9-16(10-12-17)15-7-4-3-5-8-15/h3-5,7-12,21,23H,2,6,13-14H2,1H3. The van der Waals surface area contributed by atoms with Crippen molar-refractivity contribution < 1.29 is 14.5 Å². The topological polar surface area (TPSA) is 49.8 Å². The summed E-state index contributed by atoms with van der Waals surface area (Å²) in [5.74, 6) is -0.371. The Hall–Kier alpha value is -1.74. The lowest BCUT2D eigenvalue weighted by Crippen LogP contribution is -2.28. The fourth-order valence-electron chi connectivity index (χ4n) is 2.16. The van der Waals surface area contributed by atoms with Crippen molar-refractivity contribution in [3.63, 3.8) is 0 Å². The summed E-state index contributed by atoms with van der Waals surface area (Å²) in [6.07, 6.45) is 1.58. The Kier molecular flexibility index (Phi) is 7.21. The first-order chi connectivity index (χ1) is 11.2. The van der Waals surface area contributed by atoms with Gasteiger partial charge in [0, 0.05) is 27.5 Å². The van der Waals surface area contributed by atoms with Crippen molar-refractivity contribution in [2.45, 2.75) is 13.3 Å². The predicted molar refractivity (Wildman–Crippen MR) is 94.1 cm³/mol. The molecule has 0 saturated heterocycles. The number of benzene rings is 2. The fourth-order valence-corrected chi connectivity index (χ4v) is 2.81. The van der Waals surface area contributed by atoms with E-state index in [1.807, 2.05) is 49.4 Å². The second-order valence-electron chi connectivity index (χ2n) is 5.05. The first kappa shape index (κ1) is 17.6. The third kappa shape index (κ3) is 5.43. The molecule has 1 amide bonds. The van der Waals surface area contributed by atoms with E-state index in [-0.39, 0.29) is 5.91 Å².